The molecular weight excluding hydrogens is 437 g/mol. The molecule has 3 aromatic rings. The number of hydrogen-bond donors (Lipinski definition) is 1. The predicted octanol–water partition coefficient (Wildman–Crippen LogP) is 4.27. The second-order valence-corrected chi connectivity index (χ2v) is 8.23. The highest BCUT2D eigenvalue weighted by Crippen LogP contribution is 2.26. The Morgan fingerprint density at radius 1 is 1.06 bits per heavy atom. The summed E-state index contributed by atoms with van der Waals surface area (Å²) in [6.07, 6.45) is 3.90. The minimum Gasteiger partial charge on any atom is -0.325 e. The molecule has 1 N–H and O–H groups in total. The van der Waals surface area contributed by atoms with Crippen LogP contribution in [0.15, 0.2) is 54.7 Å². The molecule has 0 saturated carbocycles. The minimum absolute atomic E-state index is 0.227. The Morgan fingerprint density at radius 3 is 2.65 bits per heavy atom. The number of halogens is 2. The summed E-state index contributed by atoms with van der Waals surface area (Å²) in [7, 11) is 0. The number of aromatic nitrogens is 3. The number of nitrogens with one attached hydrogen (secondary N) is 1. The Kier molecular flexibility index (Phi) is 6.53. The molecule has 1 aliphatic heterocycles. The Labute approximate surface area is 189 Å². The first-order chi connectivity index (χ1) is 15.0. The van der Waals surface area contributed by atoms with E-state index >= 15 is 0 Å². The van der Waals surface area contributed by atoms with Crippen molar-refractivity contribution < 1.29 is 9.59 Å². The number of rotatable bonds is 5. The average Bonchev–Trinajstić information content (AvgIpc) is 3.25. The maximum absolute atomic E-state index is 13.1. The summed E-state index contributed by atoms with van der Waals surface area (Å²) in [6.45, 7) is 1.01. The number of amides is 2. The summed E-state index contributed by atoms with van der Waals surface area (Å²) in [5.41, 5.74) is 1.82. The number of likely N-dealkylation sites (tertiary alicyclic amines) is 1. The van der Waals surface area contributed by atoms with Gasteiger partial charge < -0.3 is 10.2 Å². The molecule has 9 heteroatoms. The van der Waals surface area contributed by atoms with Gasteiger partial charge in [-0.2, -0.15) is 0 Å². The molecule has 1 aliphatic rings. The largest absolute Gasteiger partial charge is 0.325 e. The minimum atomic E-state index is -0.588. The lowest BCUT2D eigenvalue weighted by molar-refractivity contribution is -0.121. The molecule has 1 aromatic heterocycles. The number of piperidine rings is 1. The zero-order valence-corrected chi connectivity index (χ0v) is 18.2. The molecule has 1 fully saturated rings. The van der Waals surface area contributed by atoms with Crippen LogP contribution in [-0.2, 0) is 11.3 Å². The molecule has 160 valence electrons. The molecule has 1 unspecified atom stereocenters. The number of benzene rings is 2. The van der Waals surface area contributed by atoms with Crippen molar-refractivity contribution in [3.8, 4) is 0 Å². The fraction of sp³-hybridized carbons (Fsp3) is 0.273. The van der Waals surface area contributed by atoms with E-state index in [0.717, 1.165) is 18.4 Å². The van der Waals surface area contributed by atoms with Crippen molar-refractivity contribution in [1.82, 2.24) is 19.9 Å². The Morgan fingerprint density at radius 2 is 1.87 bits per heavy atom. The third kappa shape index (κ3) is 5.06. The zero-order chi connectivity index (χ0) is 21.8. The van der Waals surface area contributed by atoms with Crippen molar-refractivity contribution in [1.29, 1.82) is 0 Å². The van der Waals surface area contributed by atoms with E-state index in [1.807, 2.05) is 30.3 Å². The fourth-order valence-corrected chi connectivity index (χ4v) is 3.94. The third-order valence-corrected chi connectivity index (χ3v) is 5.94. The Bertz CT molecular complexity index is 1090. The maximum atomic E-state index is 13.1. The molecule has 1 atom stereocenters. The van der Waals surface area contributed by atoms with Crippen LogP contribution >= 0.6 is 23.2 Å². The van der Waals surface area contributed by atoms with Crippen molar-refractivity contribution >= 4 is 40.7 Å². The monoisotopic (exact) mass is 457 g/mol. The lowest BCUT2D eigenvalue weighted by atomic mass is 10.0. The van der Waals surface area contributed by atoms with Crippen LogP contribution in [0.2, 0.25) is 10.0 Å². The SMILES string of the molecule is O=C(Nc1ccc(Cl)c(Cl)c1)C1CCCCN1C(=O)c1cn(Cc2ccccc2)nn1. The van der Waals surface area contributed by atoms with Crippen LogP contribution in [0.3, 0.4) is 0 Å². The van der Waals surface area contributed by atoms with E-state index in [4.69, 9.17) is 23.2 Å². The summed E-state index contributed by atoms with van der Waals surface area (Å²) >= 11 is 12.0. The molecular formula is C22H21Cl2N5O2. The van der Waals surface area contributed by atoms with Crippen LogP contribution < -0.4 is 5.32 Å². The lowest BCUT2D eigenvalue weighted by Crippen LogP contribution is -2.50. The number of carbonyl (C=O) groups is 2. The van der Waals surface area contributed by atoms with Crippen molar-refractivity contribution in [2.75, 3.05) is 11.9 Å². The maximum Gasteiger partial charge on any atom is 0.276 e. The van der Waals surface area contributed by atoms with Gasteiger partial charge >= 0.3 is 0 Å². The van der Waals surface area contributed by atoms with Crippen LogP contribution in [0.1, 0.15) is 35.3 Å². The Balaban J connectivity index is 1.47. The van der Waals surface area contributed by atoms with Gasteiger partial charge in [0, 0.05) is 12.2 Å². The highest BCUT2D eigenvalue weighted by molar-refractivity contribution is 6.42. The van der Waals surface area contributed by atoms with Gasteiger partial charge in [-0.05, 0) is 43.0 Å². The standard InChI is InChI=1S/C22H21Cl2N5O2/c23-17-10-9-16(12-18(17)24)25-21(30)20-8-4-5-11-29(20)22(31)19-14-28(27-26-19)13-15-6-2-1-3-7-15/h1-3,6-7,9-10,12,14,20H,4-5,8,11,13H2,(H,25,30). The zero-order valence-electron chi connectivity index (χ0n) is 16.7. The molecule has 0 aliphatic carbocycles. The molecule has 7 nitrogen and oxygen atoms in total. The number of carbonyl (C=O) groups excluding carboxylic acids is 2. The lowest BCUT2D eigenvalue weighted by Gasteiger charge is -2.34. The van der Waals surface area contributed by atoms with Crippen molar-refractivity contribution in [3.05, 3.63) is 76.0 Å². The molecule has 2 heterocycles. The molecule has 31 heavy (non-hydrogen) atoms. The highest BCUT2D eigenvalue weighted by atomic mass is 35.5. The van der Waals surface area contributed by atoms with E-state index in [2.05, 4.69) is 15.6 Å². The van der Waals surface area contributed by atoms with E-state index in [1.165, 1.54) is 0 Å². The van der Waals surface area contributed by atoms with Crippen LogP contribution in [0.25, 0.3) is 0 Å². The van der Waals surface area contributed by atoms with Gasteiger partial charge in [-0.3, -0.25) is 9.59 Å². The summed E-state index contributed by atoms with van der Waals surface area (Å²) < 4.78 is 1.62. The van der Waals surface area contributed by atoms with Gasteiger partial charge in [0.05, 0.1) is 22.8 Å². The number of nitrogens with zero attached hydrogens (tertiary/aromatic N) is 4. The summed E-state index contributed by atoms with van der Waals surface area (Å²) in [4.78, 5) is 27.6. The molecule has 0 spiro atoms. The van der Waals surface area contributed by atoms with Gasteiger partial charge in [0.25, 0.3) is 5.91 Å². The van der Waals surface area contributed by atoms with Gasteiger partial charge in [-0.15, -0.1) is 5.10 Å². The first kappa shape index (κ1) is 21.3. The van der Waals surface area contributed by atoms with Crippen molar-refractivity contribution in [2.24, 2.45) is 0 Å². The first-order valence-corrected chi connectivity index (χ1v) is 10.8. The predicted molar refractivity (Wildman–Crippen MR) is 119 cm³/mol. The van der Waals surface area contributed by atoms with Gasteiger partial charge in [0.1, 0.15) is 6.04 Å². The van der Waals surface area contributed by atoms with E-state index < -0.39 is 6.04 Å². The van der Waals surface area contributed by atoms with Crippen LogP contribution in [0.4, 0.5) is 5.69 Å². The first-order valence-electron chi connectivity index (χ1n) is 10.0. The van der Waals surface area contributed by atoms with E-state index in [9.17, 15) is 9.59 Å². The van der Waals surface area contributed by atoms with Gasteiger partial charge in [0.2, 0.25) is 5.91 Å². The summed E-state index contributed by atoms with van der Waals surface area (Å²) in [6, 6.07) is 14.1. The van der Waals surface area contributed by atoms with E-state index in [0.29, 0.717) is 35.2 Å². The van der Waals surface area contributed by atoms with E-state index in [1.54, 1.807) is 34.0 Å². The second-order valence-electron chi connectivity index (χ2n) is 7.42. The molecule has 0 bridgehead atoms. The van der Waals surface area contributed by atoms with Crippen molar-refractivity contribution in [3.63, 3.8) is 0 Å². The summed E-state index contributed by atoms with van der Waals surface area (Å²) in [5.74, 6) is -0.559. The van der Waals surface area contributed by atoms with Crippen LogP contribution in [0, 0.1) is 0 Å². The molecule has 4 rings (SSSR count). The van der Waals surface area contributed by atoms with Crippen LogP contribution in [-0.4, -0.2) is 44.3 Å². The number of anilines is 1. The van der Waals surface area contributed by atoms with Gasteiger partial charge in [0.15, 0.2) is 5.69 Å². The molecule has 2 aromatic carbocycles. The highest BCUT2D eigenvalue weighted by Gasteiger charge is 2.34. The van der Waals surface area contributed by atoms with E-state index in [-0.39, 0.29) is 17.5 Å². The molecule has 1 saturated heterocycles. The smallest absolute Gasteiger partial charge is 0.276 e. The van der Waals surface area contributed by atoms with Crippen LogP contribution in [0.5, 0.6) is 0 Å². The fourth-order valence-electron chi connectivity index (χ4n) is 3.64. The quantitative estimate of drug-likeness (QED) is 0.620. The number of hydrogen-bond acceptors (Lipinski definition) is 4. The van der Waals surface area contributed by atoms with Gasteiger partial charge in [-0.25, -0.2) is 4.68 Å². The Hall–Kier alpha value is -2.90. The average molecular weight is 458 g/mol. The second kappa shape index (κ2) is 9.49. The third-order valence-electron chi connectivity index (χ3n) is 5.20. The molecule has 0 radical (unpaired) electrons. The topological polar surface area (TPSA) is 80.1 Å². The molecule has 2 amide bonds. The normalized spacial score (nSPS) is 16.2. The van der Waals surface area contributed by atoms with Gasteiger partial charge in [-0.1, -0.05) is 58.7 Å². The summed E-state index contributed by atoms with van der Waals surface area (Å²) in [5, 5.41) is 11.7. The van der Waals surface area contributed by atoms with Crippen molar-refractivity contribution in [2.45, 2.75) is 31.8 Å².